The number of hydrogen-bond donors (Lipinski definition) is 1. The van der Waals surface area contributed by atoms with Gasteiger partial charge in [-0.2, -0.15) is 0 Å². The first-order chi connectivity index (χ1) is 8.72. The number of nitrogens with one attached hydrogen (secondary N) is 1. The first-order valence-electron chi connectivity index (χ1n) is 6.41. The molecule has 0 aliphatic heterocycles. The minimum Gasteiger partial charge on any atom is -0.305 e. The molecule has 0 amide bonds. The second-order valence-corrected chi connectivity index (χ2v) is 5.38. The summed E-state index contributed by atoms with van der Waals surface area (Å²) in [5, 5.41) is 5.73. The van der Waals surface area contributed by atoms with Gasteiger partial charge in [-0.25, -0.2) is 4.98 Å². The monoisotopic (exact) mass is 260 g/mol. The number of aromatic nitrogens is 1. The number of thiazole rings is 1. The summed E-state index contributed by atoms with van der Waals surface area (Å²) >= 11 is 1.65. The average molecular weight is 260 g/mol. The molecule has 1 aromatic heterocycles. The molecule has 96 valence electrons. The zero-order valence-electron chi connectivity index (χ0n) is 11.2. The maximum Gasteiger partial charge on any atom is 0.0795 e. The maximum atomic E-state index is 4.47. The number of hydrogen-bond acceptors (Lipinski definition) is 3. The fourth-order valence-corrected chi connectivity index (χ4v) is 2.68. The van der Waals surface area contributed by atoms with Gasteiger partial charge < -0.3 is 5.32 Å². The Balaban J connectivity index is 2.36. The molecular formula is C15H20N2S. The van der Waals surface area contributed by atoms with E-state index in [1.807, 2.05) is 5.51 Å². The Kier molecular flexibility index (Phi) is 4.50. The molecule has 1 heterocycles. The lowest BCUT2D eigenvalue weighted by Crippen LogP contribution is -2.24. The molecule has 2 nitrogen and oxygen atoms in total. The quantitative estimate of drug-likeness (QED) is 0.883. The van der Waals surface area contributed by atoms with Crippen LogP contribution in [0.4, 0.5) is 0 Å². The number of rotatable bonds is 5. The maximum absolute atomic E-state index is 4.47. The van der Waals surface area contributed by atoms with Crippen molar-refractivity contribution in [1.82, 2.24) is 10.3 Å². The highest BCUT2D eigenvalue weighted by molar-refractivity contribution is 7.07. The minimum absolute atomic E-state index is 0.219. The van der Waals surface area contributed by atoms with Crippen LogP contribution in [0.3, 0.4) is 0 Å². The zero-order valence-corrected chi connectivity index (χ0v) is 12.1. The summed E-state index contributed by atoms with van der Waals surface area (Å²) in [6, 6.07) is 6.84. The van der Waals surface area contributed by atoms with Gasteiger partial charge in [-0.1, -0.05) is 30.7 Å². The van der Waals surface area contributed by atoms with Crippen LogP contribution >= 0.6 is 11.3 Å². The Bertz CT molecular complexity index is 491. The van der Waals surface area contributed by atoms with Gasteiger partial charge in [0.05, 0.1) is 17.2 Å². The van der Waals surface area contributed by atoms with Crippen molar-refractivity contribution in [2.24, 2.45) is 0 Å². The summed E-state index contributed by atoms with van der Waals surface area (Å²) in [6.45, 7) is 7.51. The molecule has 1 aromatic carbocycles. The molecule has 2 aromatic rings. The van der Waals surface area contributed by atoms with E-state index in [0.717, 1.165) is 18.7 Å². The largest absolute Gasteiger partial charge is 0.305 e. The van der Waals surface area contributed by atoms with Gasteiger partial charge in [0.2, 0.25) is 0 Å². The van der Waals surface area contributed by atoms with Gasteiger partial charge in [0.1, 0.15) is 0 Å². The fraction of sp³-hybridized carbons (Fsp3) is 0.400. The van der Waals surface area contributed by atoms with Crippen molar-refractivity contribution >= 4 is 11.3 Å². The molecule has 18 heavy (non-hydrogen) atoms. The van der Waals surface area contributed by atoms with Gasteiger partial charge in [-0.05, 0) is 37.9 Å². The van der Waals surface area contributed by atoms with Crippen LogP contribution in [0, 0.1) is 13.8 Å². The second-order valence-electron chi connectivity index (χ2n) is 4.66. The molecule has 1 N–H and O–H groups in total. The van der Waals surface area contributed by atoms with Crippen LogP contribution < -0.4 is 5.32 Å². The Hall–Kier alpha value is -1.19. The normalized spacial score (nSPS) is 12.6. The molecule has 0 aliphatic rings. The predicted octanol–water partition coefficient (Wildman–Crippen LogP) is 3.85. The van der Waals surface area contributed by atoms with E-state index in [4.69, 9.17) is 0 Å². The number of aryl methyl sites for hydroxylation is 2. The molecule has 0 aliphatic carbocycles. The van der Waals surface area contributed by atoms with Crippen molar-refractivity contribution < 1.29 is 0 Å². The van der Waals surface area contributed by atoms with Crippen LogP contribution in [0.25, 0.3) is 0 Å². The molecule has 0 spiro atoms. The third kappa shape index (κ3) is 2.98. The van der Waals surface area contributed by atoms with E-state index >= 15 is 0 Å². The molecular weight excluding hydrogens is 240 g/mol. The van der Waals surface area contributed by atoms with Crippen molar-refractivity contribution in [2.45, 2.75) is 33.2 Å². The Morgan fingerprint density at radius 1 is 1.33 bits per heavy atom. The second kappa shape index (κ2) is 6.12. The summed E-state index contributed by atoms with van der Waals surface area (Å²) in [7, 11) is 0. The van der Waals surface area contributed by atoms with Crippen molar-refractivity contribution in [3.05, 3.63) is 51.5 Å². The van der Waals surface area contributed by atoms with E-state index in [2.05, 4.69) is 54.7 Å². The molecule has 2 rings (SSSR count). The summed E-state index contributed by atoms with van der Waals surface area (Å²) in [5.41, 5.74) is 6.99. The van der Waals surface area contributed by atoms with Gasteiger partial charge in [-0.15, -0.1) is 11.3 Å². The lowest BCUT2D eigenvalue weighted by Gasteiger charge is -2.19. The molecule has 1 atom stereocenters. The zero-order chi connectivity index (χ0) is 13.0. The summed E-state index contributed by atoms with van der Waals surface area (Å²) < 4.78 is 0. The van der Waals surface area contributed by atoms with Gasteiger partial charge >= 0.3 is 0 Å². The molecule has 0 bridgehead atoms. The lowest BCUT2D eigenvalue weighted by atomic mass is 9.97. The van der Waals surface area contributed by atoms with E-state index in [9.17, 15) is 0 Å². The first-order valence-corrected chi connectivity index (χ1v) is 7.35. The third-order valence-corrected chi connectivity index (χ3v) is 3.70. The molecule has 3 heteroatoms. The van der Waals surface area contributed by atoms with Crippen molar-refractivity contribution in [2.75, 3.05) is 6.54 Å². The Labute approximate surface area is 113 Å². The molecule has 0 radical (unpaired) electrons. The van der Waals surface area contributed by atoms with E-state index in [1.54, 1.807) is 11.3 Å². The van der Waals surface area contributed by atoms with E-state index < -0.39 is 0 Å². The Morgan fingerprint density at radius 2 is 2.17 bits per heavy atom. The van der Waals surface area contributed by atoms with Gasteiger partial charge in [0, 0.05) is 5.38 Å². The van der Waals surface area contributed by atoms with E-state index in [-0.39, 0.29) is 6.04 Å². The van der Waals surface area contributed by atoms with Crippen LogP contribution in [0.1, 0.15) is 41.8 Å². The first kappa shape index (κ1) is 13.2. The summed E-state index contributed by atoms with van der Waals surface area (Å²) in [4.78, 5) is 4.47. The molecule has 0 saturated carbocycles. The number of benzene rings is 1. The minimum atomic E-state index is 0.219. The van der Waals surface area contributed by atoms with Gasteiger partial charge in [-0.3, -0.25) is 0 Å². The van der Waals surface area contributed by atoms with Crippen molar-refractivity contribution in [3.63, 3.8) is 0 Å². The van der Waals surface area contributed by atoms with Crippen LogP contribution in [0.5, 0.6) is 0 Å². The van der Waals surface area contributed by atoms with Gasteiger partial charge in [0.15, 0.2) is 0 Å². The van der Waals surface area contributed by atoms with Crippen LogP contribution in [-0.4, -0.2) is 11.5 Å². The van der Waals surface area contributed by atoms with Gasteiger partial charge in [0.25, 0.3) is 0 Å². The highest BCUT2D eigenvalue weighted by Gasteiger charge is 2.17. The van der Waals surface area contributed by atoms with Crippen LogP contribution in [-0.2, 0) is 0 Å². The summed E-state index contributed by atoms with van der Waals surface area (Å²) in [6.07, 6.45) is 1.13. The average Bonchev–Trinajstić information content (AvgIpc) is 2.88. The topological polar surface area (TPSA) is 24.9 Å². The highest BCUT2D eigenvalue weighted by atomic mass is 32.1. The van der Waals surface area contributed by atoms with E-state index in [1.165, 1.54) is 16.7 Å². The van der Waals surface area contributed by atoms with Crippen molar-refractivity contribution in [3.8, 4) is 0 Å². The van der Waals surface area contributed by atoms with Crippen LogP contribution in [0.15, 0.2) is 29.1 Å². The Morgan fingerprint density at radius 3 is 2.83 bits per heavy atom. The number of nitrogens with zero attached hydrogens (tertiary/aromatic N) is 1. The molecule has 1 unspecified atom stereocenters. The molecule has 0 fully saturated rings. The highest BCUT2D eigenvalue weighted by Crippen LogP contribution is 2.25. The SMILES string of the molecule is CCCNC(c1cscn1)c1cc(C)ccc1C. The predicted molar refractivity (Wildman–Crippen MR) is 78.2 cm³/mol. The third-order valence-electron chi connectivity index (χ3n) is 3.09. The summed E-state index contributed by atoms with van der Waals surface area (Å²) in [5.74, 6) is 0. The lowest BCUT2D eigenvalue weighted by molar-refractivity contribution is 0.586. The van der Waals surface area contributed by atoms with Crippen molar-refractivity contribution in [1.29, 1.82) is 0 Å². The van der Waals surface area contributed by atoms with Crippen LogP contribution in [0.2, 0.25) is 0 Å². The smallest absolute Gasteiger partial charge is 0.0795 e. The molecule has 0 saturated heterocycles. The fourth-order valence-electron chi connectivity index (χ4n) is 2.10. The van der Waals surface area contributed by atoms with E-state index in [0.29, 0.717) is 0 Å². The standard InChI is InChI=1S/C15H20N2S/c1-4-7-16-15(14-9-18-10-17-14)13-8-11(2)5-6-12(13)3/h5-6,8-10,15-16H,4,7H2,1-3H3.